The highest BCUT2D eigenvalue weighted by atomic mass is 16.6. The van der Waals surface area contributed by atoms with Crippen LogP contribution in [0, 0.1) is 24.0 Å². The molecule has 0 spiro atoms. The van der Waals surface area contributed by atoms with E-state index in [2.05, 4.69) is 4.98 Å². The number of non-ortho nitro benzene ring substituents is 1. The van der Waals surface area contributed by atoms with Gasteiger partial charge in [-0.25, -0.2) is 14.3 Å². The first kappa shape index (κ1) is 22.7. The summed E-state index contributed by atoms with van der Waals surface area (Å²) in [6.45, 7) is 4.90. The van der Waals surface area contributed by atoms with Crippen molar-refractivity contribution >= 4 is 16.9 Å². The molecular formula is C25H25N5O5. The van der Waals surface area contributed by atoms with E-state index in [1.165, 1.54) is 27.6 Å². The van der Waals surface area contributed by atoms with Crippen LogP contribution in [0.15, 0.2) is 58.4 Å². The molecule has 10 heteroatoms. The number of para-hydroxylation sites is 1. The third kappa shape index (κ3) is 4.06. The number of nitro groups is 1. The van der Waals surface area contributed by atoms with Gasteiger partial charge in [0.15, 0.2) is 11.2 Å². The van der Waals surface area contributed by atoms with E-state index in [1.807, 2.05) is 32.0 Å². The van der Waals surface area contributed by atoms with Crippen molar-refractivity contribution in [1.82, 2.24) is 18.7 Å². The Hall–Kier alpha value is -4.05. The van der Waals surface area contributed by atoms with Gasteiger partial charge in [-0.05, 0) is 43.4 Å². The minimum Gasteiger partial charge on any atom is -0.376 e. The van der Waals surface area contributed by atoms with Gasteiger partial charge in [0, 0.05) is 25.3 Å². The molecule has 1 atom stereocenters. The Bertz CT molecular complexity index is 1520. The summed E-state index contributed by atoms with van der Waals surface area (Å²) in [4.78, 5) is 42.4. The summed E-state index contributed by atoms with van der Waals surface area (Å²) in [5.41, 5.74) is 2.94. The number of benzene rings is 2. The number of aryl methyl sites for hydroxylation is 2. The van der Waals surface area contributed by atoms with Crippen molar-refractivity contribution in [3.05, 3.63) is 96.4 Å². The van der Waals surface area contributed by atoms with Crippen LogP contribution in [-0.2, 0) is 17.8 Å². The number of imidazole rings is 1. The Balaban J connectivity index is 1.72. The molecule has 1 aliphatic rings. The molecule has 1 unspecified atom stereocenters. The van der Waals surface area contributed by atoms with Crippen LogP contribution in [0.5, 0.6) is 0 Å². The minimum absolute atomic E-state index is 0.00738. The number of hydrogen-bond acceptors (Lipinski definition) is 6. The maximum absolute atomic E-state index is 13.7. The highest BCUT2D eigenvalue weighted by molar-refractivity contribution is 5.73. The summed E-state index contributed by atoms with van der Waals surface area (Å²) < 4.78 is 10.2. The normalized spacial score (nSPS) is 15.7. The van der Waals surface area contributed by atoms with Gasteiger partial charge >= 0.3 is 5.69 Å². The molecule has 1 fully saturated rings. The number of nitrogens with zero attached hydrogens (tertiary/aromatic N) is 5. The number of hydrogen-bond donors (Lipinski definition) is 0. The monoisotopic (exact) mass is 475 g/mol. The van der Waals surface area contributed by atoms with E-state index in [0.29, 0.717) is 17.8 Å². The predicted octanol–water partition coefficient (Wildman–Crippen LogP) is 3.10. The molecule has 0 saturated carbocycles. The lowest BCUT2D eigenvalue weighted by Gasteiger charge is -2.17. The summed E-state index contributed by atoms with van der Waals surface area (Å²) in [5.74, 6) is 0. The standard InChI is InChI=1S/C25H25N5O5/c1-16-5-3-6-17(2)21(16)29-23-22(24(31)28(25(29)32)14-20-7-4-12-35-20)27(15-26-23)13-18-8-10-19(11-9-18)30(33)34/h3,5-6,8-11,15,20H,4,7,12-14H2,1-2H3. The zero-order valence-electron chi connectivity index (χ0n) is 19.5. The van der Waals surface area contributed by atoms with Gasteiger partial charge in [0.25, 0.3) is 11.2 Å². The average Bonchev–Trinajstić information content (AvgIpc) is 3.49. The second-order valence-electron chi connectivity index (χ2n) is 8.88. The number of ether oxygens (including phenoxy) is 1. The summed E-state index contributed by atoms with van der Waals surface area (Å²) in [6.07, 6.45) is 3.02. The Kier molecular flexibility index (Phi) is 5.81. The fourth-order valence-corrected chi connectivity index (χ4v) is 4.73. The molecule has 10 nitrogen and oxygen atoms in total. The minimum atomic E-state index is -0.455. The smallest absolute Gasteiger partial charge is 0.337 e. The van der Waals surface area contributed by atoms with E-state index in [4.69, 9.17) is 4.74 Å². The molecule has 35 heavy (non-hydrogen) atoms. The Morgan fingerprint density at radius 1 is 1.11 bits per heavy atom. The molecule has 5 rings (SSSR count). The van der Waals surface area contributed by atoms with E-state index in [1.54, 1.807) is 16.7 Å². The first-order chi connectivity index (χ1) is 16.8. The third-order valence-electron chi connectivity index (χ3n) is 6.47. The molecular weight excluding hydrogens is 450 g/mol. The van der Waals surface area contributed by atoms with Crippen molar-refractivity contribution < 1.29 is 9.66 Å². The molecule has 0 radical (unpaired) electrons. The van der Waals surface area contributed by atoms with Gasteiger partial charge in [0.05, 0.1) is 29.6 Å². The van der Waals surface area contributed by atoms with Crippen molar-refractivity contribution in [2.45, 2.75) is 45.9 Å². The van der Waals surface area contributed by atoms with Crippen LogP contribution >= 0.6 is 0 Å². The topological polar surface area (TPSA) is 114 Å². The maximum atomic E-state index is 13.7. The Morgan fingerprint density at radius 2 is 1.83 bits per heavy atom. The lowest BCUT2D eigenvalue weighted by atomic mass is 10.1. The molecule has 3 heterocycles. The second-order valence-corrected chi connectivity index (χ2v) is 8.88. The van der Waals surface area contributed by atoms with Gasteiger partial charge < -0.3 is 9.30 Å². The van der Waals surface area contributed by atoms with Crippen LogP contribution in [-0.4, -0.2) is 36.3 Å². The Labute approximate surface area is 200 Å². The average molecular weight is 476 g/mol. The first-order valence-corrected chi connectivity index (χ1v) is 11.5. The molecule has 180 valence electrons. The van der Waals surface area contributed by atoms with Gasteiger partial charge in [-0.1, -0.05) is 30.3 Å². The highest BCUT2D eigenvalue weighted by Crippen LogP contribution is 2.22. The summed E-state index contributed by atoms with van der Waals surface area (Å²) in [5, 5.41) is 11.0. The van der Waals surface area contributed by atoms with Crippen molar-refractivity contribution in [3.63, 3.8) is 0 Å². The van der Waals surface area contributed by atoms with E-state index in [9.17, 15) is 19.7 Å². The number of nitro benzene ring substituents is 1. The van der Waals surface area contributed by atoms with Crippen LogP contribution in [0.4, 0.5) is 5.69 Å². The lowest BCUT2D eigenvalue weighted by Crippen LogP contribution is -2.42. The summed E-state index contributed by atoms with van der Waals surface area (Å²) in [7, 11) is 0. The zero-order chi connectivity index (χ0) is 24.7. The SMILES string of the molecule is Cc1cccc(C)c1-n1c(=O)n(CC2CCCO2)c(=O)c2c1ncn2Cc1ccc([N+](=O)[O-])cc1. The van der Waals surface area contributed by atoms with E-state index < -0.39 is 16.2 Å². The molecule has 1 saturated heterocycles. The van der Waals surface area contributed by atoms with Crippen LogP contribution in [0.2, 0.25) is 0 Å². The van der Waals surface area contributed by atoms with Gasteiger partial charge in [0.2, 0.25) is 0 Å². The van der Waals surface area contributed by atoms with E-state index in [-0.39, 0.29) is 30.5 Å². The number of rotatable bonds is 6. The number of fused-ring (bicyclic) bond motifs is 1. The van der Waals surface area contributed by atoms with Crippen molar-refractivity contribution in [2.75, 3.05) is 6.61 Å². The third-order valence-corrected chi connectivity index (χ3v) is 6.47. The van der Waals surface area contributed by atoms with Crippen LogP contribution < -0.4 is 11.2 Å². The van der Waals surface area contributed by atoms with Crippen molar-refractivity contribution in [2.24, 2.45) is 0 Å². The largest absolute Gasteiger partial charge is 0.376 e. The lowest BCUT2D eigenvalue weighted by molar-refractivity contribution is -0.384. The van der Waals surface area contributed by atoms with Gasteiger partial charge in [0.1, 0.15) is 0 Å². The van der Waals surface area contributed by atoms with Crippen LogP contribution in [0.1, 0.15) is 29.5 Å². The van der Waals surface area contributed by atoms with Crippen molar-refractivity contribution in [3.8, 4) is 5.69 Å². The number of aromatic nitrogens is 4. The van der Waals surface area contributed by atoms with Gasteiger partial charge in [-0.3, -0.25) is 19.5 Å². The van der Waals surface area contributed by atoms with E-state index in [0.717, 1.165) is 29.5 Å². The fraction of sp³-hybridized carbons (Fsp3) is 0.320. The molecule has 0 bridgehead atoms. The van der Waals surface area contributed by atoms with Crippen LogP contribution in [0.25, 0.3) is 16.9 Å². The van der Waals surface area contributed by atoms with Gasteiger partial charge in [-0.15, -0.1) is 0 Å². The maximum Gasteiger partial charge on any atom is 0.337 e. The molecule has 0 N–H and O–H groups in total. The predicted molar refractivity (Wildman–Crippen MR) is 130 cm³/mol. The van der Waals surface area contributed by atoms with E-state index >= 15 is 0 Å². The zero-order valence-corrected chi connectivity index (χ0v) is 19.5. The molecule has 0 aliphatic carbocycles. The Morgan fingerprint density at radius 3 is 2.46 bits per heavy atom. The summed E-state index contributed by atoms with van der Waals surface area (Å²) in [6, 6.07) is 11.9. The van der Waals surface area contributed by atoms with Crippen molar-refractivity contribution in [1.29, 1.82) is 0 Å². The quantitative estimate of drug-likeness (QED) is 0.313. The molecule has 2 aromatic carbocycles. The fourth-order valence-electron chi connectivity index (χ4n) is 4.73. The molecule has 4 aromatic rings. The highest BCUT2D eigenvalue weighted by Gasteiger charge is 2.24. The van der Waals surface area contributed by atoms with Crippen LogP contribution in [0.3, 0.4) is 0 Å². The molecule has 2 aromatic heterocycles. The van der Waals surface area contributed by atoms with Gasteiger partial charge in [-0.2, -0.15) is 0 Å². The molecule has 0 amide bonds. The first-order valence-electron chi connectivity index (χ1n) is 11.5. The summed E-state index contributed by atoms with van der Waals surface area (Å²) >= 11 is 0. The second kappa shape index (κ2) is 8.95. The molecule has 1 aliphatic heterocycles.